The van der Waals surface area contributed by atoms with Crippen LogP contribution in [0.5, 0.6) is 5.75 Å². The second-order valence-corrected chi connectivity index (χ2v) is 9.05. The molecule has 34 heavy (non-hydrogen) atoms. The highest BCUT2D eigenvalue weighted by Crippen LogP contribution is 2.40. The number of amides is 1. The largest absolute Gasteiger partial charge is 0.506 e. The molecule has 3 aromatic rings. The number of halogens is 2. The molecular formula is C25H30ClFN4O3. The van der Waals surface area contributed by atoms with E-state index in [1.807, 2.05) is 27.0 Å². The molecule has 7 nitrogen and oxygen atoms in total. The van der Waals surface area contributed by atoms with Crippen LogP contribution < -0.4 is 16.2 Å². The monoisotopic (exact) mass is 488 g/mol. The summed E-state index contributed by atoms with van der Waals surface area (Å²) in [4.78, 5) is 29.5. The Hall–Kier alpha value is -3.10. The quantitative estimate of drug-likeness (QED) is 0.574. The van der Waals surface area contributed by atoms with Gasteiger partial charge in [0.05, 0.1) is 5.52 Å². The van der Waals surface area contributed by atoms with Gasteiger partial charge in [-0.15, -0.1) is 12.4 Å². The summed E-state index contributed by atoms with van der Waals surface area (Å²) in [6.45, 7) is 7.43. The maximum atomic E-state index is 14.3. The Kier molecular flexibility index (Phi) is 7.53. The average Bonchev–Trinajstić information content (AvgIpc) is 2.76. The van der Waals surface area contributed by atoms with Crippen LogP contribution in [0.15, 0.2) is 41.2 Å². The summed E-state index contributed by atoms with van der Waals surface area (Å²) in [5, 5.41) is 11.4. The summed E-state index contributed by atoms with van der Waals surface area (Å²) in [7, 11) is 2.05. The topological polar surface area (TPSA) is 91.8 Å². The molecule has 0 spiro atoms. The first-order chi connectivity index (χ1) is 15.7. The third kappa shape index (κ3) is 4.60. The highest BCUT2D eigenvalue weighted by Gasteiger charge is 2.25. The van der Waals surface area contributed by atoms with Crippen molar-refractivity contribution in [1.29, 1.82) is 0 Å². The molecule has 9 heteroatoms. The van der Waals surface area contributed by atoms with Crippen molar-refractivity contribution in [3.05, 3.63) is 58.1 Å². The van der Waals surface area contributed by atoms with Gasteiger partial charge in [0, 0.05) is 49.4 Å². The molecule has 1 fully saturated rings. The molecule has 1 aromatic heterocycles. The molecule has 3 N–H and O–H groups in total. The molecule has 0 saturated carbocycles. The van der Waals surface area contributed by atoms with E-state index >= 15 is 0 Å². The molecule has 2 aromatic carbocycles. The smallest absolute Gasteiger partial charge is 0.267 e. The van der Waals surface area contributed by atoms with Crippen molar-refractivity contribution in [2.75, 3.05) is 38.1 Å². The zero-order chi connectivity index (χ0) is 23.9. The van der Waals surface area contributed by atoms with E-state index in [1.165, 1.54) is 16.7 Å². The molecule has 1 aliphatic heterocycles. The first-order valence-electron chi connectivity index (χ1n) is 11.1. The number of aromatic hydroxyl groups is 1. The molecule has 2 heterocycles. The van der Waals surface area contributed by atoms with Gasteiger partial charge in [-0.2, -0.15) is 0 Å². The number of primary amides is 1. The maximum absolute atomic E-state index is 14.3. The number of aromatic nitrogens is 1. The Morgan fingerprint density at radius 3 is 2.41 bits per heavy atom. The van der Waals surface area contributed by atoms with Gasteiger partial charge in [0.1, 0.15) is 17.1 Å². The number of pyridine rings is 1. The van der Waals surface area contributed by atoms with E-state index in [1.54, 1.807) is 18.2 Å². The fraction of sp³-hybridized carbons (Fsp3) is 0.360. The van der Waals surface area contributed by atoms with Gasteiger partial charge < -0.3 is 25.2 Å². The fourth-order valence-corrected chi connectivity index (χ4v) is 4.52. The Morgan fingerprint density at radius 2 is 1.79 bits per heavy atom. The van der Waals surface area contributed by atoms with E-state index in [0.717, 1.165) is 26.2 Å². The van der Waals surface area contributed by atoms with Gasteiger partial charge in [-0.05, 0) is 42.8 Å². The van der Waals surface area contributed by atoms with Crippen molar-refractivity contribution >= 4 is 34.9 Å². The first kappa shape index (κ1) is 25.5. The number of nitrogens with two attached hydrogens (primary N) is 1. The summed E-state index contributed by atoms with van der Waals surface area (Å²) in [5.74, 6) is -1.66. The van der Waals surface area contributed by atoms with Crippen molar-refractivity contribution in [2.45, 2.75) is 20.4 Å². The molecule has 1 saturated heterocycles. The Labute approximate surface area is 204 Å². The van der Waals surface area contributed by atoms with E-state index in [4.69, 9.17) is 5.73 Å². The number of hydrogen-bond acceptors (Lipinski definition) is 5. The van der Waals surface area contributed by atoms with Gasteiger partial charge in [-0.3, -0.25) is 9.59 Å². The SMILES string of the molecule is CC(C)Cn1c(=O)c(C(N)=O)c(O)c2c(-c3ccc(F)cc3N3CCN(C)CC3)cccc21.Cl. The van der Waals surface area contributed by atoms with E-state index in [-0.39, 0.29) is 24.1 Å². The van der Waals surface area contributed by atoms with Crippen molar-refractivity contribution in [3.8, 4) is 16.9 Å². The van der Waals surface area contributed by atoms with E-state index in [0.29, 0.717) is 34.3 Å². The summed E-state index contributed by atoms with van der Waals surface area (Å²) in [5.41, 5.74) is 6.99. The third-order valence-corrected chi connectivity index (χ3v) is 6.15. The number of hydrogen-bond donors (Lipinski definition) is 2. The fourth-order valence-electron chi connectivity index (χ4n) is 4.52. The van der Waals surface area contributed by atoms with Gasteiger partial charge in [-0.1, -0.05) is 26.0 Å². The van der Waals surface area contributed by atoms with Crippen LogP contribution in [0.25, 0.3) is 22.0 Å². The Bertz CT molecular complexity index is 1280. The number of rotatable bonds is 5. The third-order valence-electron chi connectivity index (χ3n) is 6.15. The van der Waals surface area contributed by atoms with Gasteiger partial charge >= 0.3 is 0 Å². The number of fused-ring (bicyclic) bond motifs is 1. The molecule has 1 amide bonds. The molecule has 0 aliphatic carbocycles. The molecule has 0 unspecified atom stereocenters. The lowest BCUT2D eigenvalue weighted by molar-refractivity contribution is 0.0996. The van der Waals surface area contributed by atoms with Crippen LogP contribution in [0.1, 0.15) is 24.2 Å². The van der Waals surface area contributed by atoms with Gasteiger partial charge in [0.25, 0.3) is 11.5 Å². The van der Waals surface area contributed by atoms with Gasteiger partial charge in [-0.25, -0.2) is 4.39 Å². The zero-order valence-electron chi connectivity index (χ0n) is 19.5. The first-order valence-corrected chi connectivity index (χ1v) is 11.1. The van der Waals surface area contributed by atoms with Crippen LogP contribution in [0, 0.1) is 11.7 Å². The van der Waals surface area contributed by atoms with E-state index in [9.17, 15) is 19.1 Å². The summed E-state index contributed by atoms with van der Waals surface area (Å²) in [6.07, 6.45) is 0. The molecule has 4 rings (SSSR count). The van der Waals surface area contributed by atoms with Gasteiger partial charge in [0.15, 0.2) is 0 Å². The second-order valence-electron chi connectivity index (χ2n) is 9.05. The van der Waals surface area contributed by atoms with Crippen molar-refractivity contribution in [1.82, 2.24) is 9.47 Å². The van der Waals surface area contributed by atoms with E-state index < -0.39 is 22.8 Å². The number of carbonyl (C=O) groups is 1. The minimum absolute atomic E-state index is 0. The van der Waals surface area contributed by atoms with Crippen LogP contribution in [-0.2, 0) is 6.54 Å². The van der Waals surface area contributed by atoms with Crippen molar-refractivity contribution in [2.24, 2.45) is 11.7 Å². The number of piperazine rings is 1. The predicted octanol–water partition coefficient (Wildman–Crippen LogP) is 3.44. The lowest BCUT2D eigenvalue weighted by Crippen LogP contribution is -2.44. The van der Waals surface area contributed by atoms with E-state index in [2.05, 4.69) is 9.80 Å². The molecule has 0 radical (unpaired) electrons. The molecule has 1 aliphatic rings. The highest BCUT2D eigenvalue weighted by molar-refractivity contribution is 6.07. The molecular weight excluding hydrogens is 459 g/mol. The molecule has 182 valence electrons. The number of carbonyl (C=O) groups excluding carboxylic acids is 1. The summed E-state index contributed by atoms with van der Waals surface area (Å²) in [6, 6.07) is 9.91. The van der Waals surface area contributed by atoms with Crippen molar-refractivity contribution in [3.63, 3.8) is 0 Å². The normalized spacial score (nSPS) is 14.4. The van der Waals surface area contributed by atoms with Crippen LogP contribution in [0.2, 0.25) is 0 Å². The lowest BCUT2D eigenvalue weighted by Gasteiger charge is -2.35. The summed E-state index contributed by atoms with van der Waals surface area (Å²) < 4.78 is 15.8. The minimum atomic E-state index is -0.981. The number of benzene rings is 2. The number of likely N-dealkylation sites (N-methyl/N-ethyl adjacent to an activating group) is 1. The highest BCUT2D eigenvalue weighted by atomic mass is 35.5. The standard InChI is InChI=1S/C25H29FN4O3.ClH/c1-15(2)14-30-19-6-4-5-18(21(19)23(31)22(24(27)32)25(30)33)17-8-7-16(26)13-20(17)29-11-9-28(3)10-12-29;/h4-8,13,15,31H,9-12,14H2,1-3H3,(H2,27,32);1H. The predicted molar refractivity (Wildman–Crippen MR) is 136 cm³/mol. The number of anilines is 1. The average molecular weight is 489 g/mol. The Morgan fingerprint density at radius 1 is 1.12 bits per heavy atom. The second kappa shape index (κ2) is 10.0. The maximum Gasteiger partial charge on any atom is 0.267 e. The van der Waals surface area contributed by atoms with Crippen LogP contribution in [0.4, 0.5) is 10.1 Å². The van der Waals surface area contributed by atoms with Gasteiger partial charge in [0.2, 0.25) is 0 Å². The van der Waals surface area contributed by atoms with Crippen molar-refractivity contribution < 1.29 is 14.3 Å². The number of nitrogens with zero attached hydrogens (tertiary/aromatic N) is 3. The minimum Gasteiger partial charge on any atom is -0.506 e. The van der Waals surface area contributed by atoms with Crippen LogP contribution in [0.3, 0.4) is 0 Å². The van der Waals surface area contributed by atoms with Crippen LogP contribution in [-0.4, -0.2) is 53.7 Å². The molecule has 0 bridgehead atoms. The summed E-state index contributed by atoms with van der Waals surface area (Å²) >= 11 is 0. The zero-order valence-corrected chi connectivity index (χ0v) is 20.4. The van der Waals surface area contributed by atoms with Crippen LogP contribution >= 0.6 is 12.4 Å². The lowest BCUT2D eigenvalue weighted by atomic mass is 9.95. The molecule has 0 atom stereocenters. The Balaban J connectivity index is 0.00000324.